The van der Waals surface area contributed by atoms with Crippen LogP contribution in [0.3, 0.4) is 0 Å². The van der Waals surface area contributed by atoms with Crippen LogP contribution in [0, 0.1) is 5.92 Å². The molecule has 0 aromatic rings. The van der Waals surface area contributed by atoms with Crippen LogP contribution in [-0.2, 0) is 14.3 Å². The number of carbonyl (C=O) groups is 3. The predicted octanol–water partition coefficient (Wildman–Crippen LogP) is 0.977. The van der Waals surface area contributed by atoms with Crippen LogP contribution in [0.4, 0.5) is 4.79 Å². The highest BCUT2D eigenvalue weighted by atomic mass is 16.5. The van der Waals surface area contributed by atoms with Crippen LogP contribution < -0.4 is 5.32 Å². The third kappa shape index (κ3) is 3.72. The summed E-state index contributed by atoms with van der Waals surface area (Å²) in [5.41, 5.74) is 0. The number of rotatable bonds is 3. The van der Waals surface area contributed by atoms with E-state index in [1.807, 2.05) is 0 Å². The van der Waals surface area contributed by atoms with Crippen molar-refractivity contribution in [2.45, 2.75) is 50.6 Å². The molecule has 2 N–H and O–H groups in total. The summed E-state index contributed by atoms with van der Waals surface area (Å²) < 4.78 is 4.39. The first-order valence-corrected chi connectivity index (χ1v) is 7.39. The second-order valence-electron chi connectivity index (χ2n) is 5.76. The van der Waals surface area contributed by atoms with Crippen LogP contribution in [0.2, 0.25) is 0 Å². The number of likely N-dealkylation sites (tertiary alicyclic amines) is 1. The highest BCUT2D eigenvalue weighted by molar-refractivity contribution is 5.93. The van der Waals surface area contributed by atoms with Gasteiger partial charge in [0.25, 0.3) is 0 Å². The number of hydrogen-bond donors (Lipinski definition) is 2. The first-order valence-electron chi connectivity index (χ1n) is 7.39. The van der Waals surface area contributed by atoms with E-state index in [-0.39, 0.29) is 12.6 Å². The standard InChI is InChI=1S/C14H22N2O5/c1-21-14(20)15-12(17)8-16-10-5-3-2-4-9(10)6-7-11(16)13(18)19/h9-11H,2-8H2,1H3,(H,18,19)(H,15,17,20). The number of carboxylic acid groups (broad SMARTS) is 1. The molecule has 118 valence electrons. The van der Waals surface area contributed by atoms with Gasteiger partial charge in [0.15, 0.2) is 0 Å². The lowest BCUT2D eigenvalue weighted by atomic mass is 9.76. The Balaban J connectivity index is 2.07. The van der Waals surface area contributed by atoms with Gasteiger partial charge in [-0.1, -0.05) is 12.8 Å². The van der Waals surface area contributed by atoms with Crippen molar-refractivity contribution in [2.75, 3.05) is 13.7 Å². The van der Waals surface area contributed by atoms with Crippen LogP contribution in [0.1, 0.15) is 38.5 Å². The van der Waals surface area contributed by atoms with Gasteiger partial charge >= 0.3 is 12.1 Å². The van der Waals surface area contributed by atoms with E-state index in [0.717, 1.165) is 25.7 Å². The quantitative estimate of drug-likeness (QED) is 0.806. The van der Waals surface area contributed by atoms with E-state index in [2.05, 4.69) is 10.1 Å². The van der Waals surface area contributed by atoms with E-state index < -0.39 is 24.0 Å². The third-order valence-corrected chi connectivity index (χ3v) is 4.54. The van der Waals surface area contributed by atoms with Crippen molar-refractivity contribution in [3.8, 4) is 0 Å². The molecule has 2 fully saturated rings. The number of fused-ring (bicyclic) bond motifs is 1. The Morgan fingerprint density at radius 2 is 1.90 bits per heavy atom. The first-order chi connectivity index (χ1) is 10.0. The molecule has 1 heterocycles. The highest BCUT2D eigenvalue weighted by Crippen LogP contribution is 2.37. The van der Waals surface area contributed by atoms with Crippen LogP contribution in [0.25, 0.3) is 0 Å². The fraction of sp³-hybridized carbons (Fsp3) is 0.786. The van der Waals surface area contributed by atoms with Gasteiger partial charge < -0.3 is 9.84 Å². The maximum atomic E-state index is 11.9. The van der Waals surface area contributed by atoms with Crippen LogP contribution in [0.5, 0.6) is 0 Å². The van der Waals surface area contributed by atoms with Crippen molar-refractivity contribution < 1.29 is 24.2 Å². The Labute approximate surface area is 123 Å². The summed E-state index contributed by atoms with van der Waals surface area (Å²) in [6.07, 6.45) is 4.87. The molecule has 1 aliphatic heterocycles. The summed E-state index contributed by atoms with van der Waals surface area (Å²) in [7, 11) is 1.18. The number of hydrogen-bond acceptors (Lipinski definition) is 5. The minimum Gasteiger partial charge on any atom is -0.480 e. The fourth-order valence-electron chi connectivity index (χ4n) is 3.59. The molecule has 0 aromatic carbocycles. The first kappa shape index (κ1) is 15.8. The Morgan fingerprint density at radius 3 is 2.57 bits per heavy atom. The average Bonchev–Trinajstić information content (AvgIpc) is 2.47. The monoisotopic (exact) mass is 298 g/mol. The number of ether oxygens (including phenoxy) is 1. The Kier molecular flexibility index (Phi) is 5.17. The van der Waals surface area contributed by atoms with E-state index in [4.69, 9.17) is 0 Å². The number of amides is 2. The van der Waals surface area contributed by atoms with Crippen LogP contribution in [-0.4, -0.2) is 53.7 Å². The molecular formula is C14H22N2O5. The Morgan fingerprint density at radius 1 is 1.19 bits per heavy atom. The second kappa shape index (κ2) is 6.89. The van der Waals surface area contributed by atoms with Crippen molar-refractivity contribution in [3.05, 3.63) is 0 Å². The zero-order valence-electron chi connectivity index (χ0n) is 12.2. The number of piperidine rings is 1. The molecule has 7 nitrogen and oxygen atoms in total. The molecule has 7 heteroatoms. The van der Waals surface area contributed by atoms with E-state index in [9.17, 15) is 19.5 Å². The molecule has 1 aliphatic carbocycles. The summed E-state index contributed by atoms with van der Waals surface area (Å²) in [6.45, 7) is -0.0762. The van der Waals surface area contributed by atoms with Gasteiger partial charge in [-0.15, -0.1) is 0 Å². The molecular weight excluding hydrogens is 276 g/mol. The lowest BCUT2D eigenvalue weighted by Crippen LogP contribution is -2.57. The van der Waals surface area contributed by atoms with E-state index in [1.165, 1.54) is 13.5 Å². The van der Waals surface area contributed by atoms with Gasteiger partial charge in [0.05, 0.1) is 13.7 Å². The van der Waals surface area contributed by atoms with Gasteiger partial charge in [0.2, 0.25) is 5.91 Å². The largest absolute Gasteiger partial charge is 0.480 e. The molecule has 0 aromatic heterocycles. The summed E-state index contributed by atoms with van der Waals surface area (Å²) in [4.78, 5) is 36.1. The van der Waals surface area contributed by atoms with Crippen molar-refractivity contribution in [3.63, 3.8) is 0 Å². The molecule has 2 aliphatic rings. The zero-order valence-corrected chi connectivity index (χ0v) is 12.2. The molecule has 0 radical (unpaired) electrons. The Bertz CT molecular complexity index is 426. The number of alkyl carbamates (subject to hydrolysis) is 1. The van der Waals surface area contributed by atoms with Crippen LogP contribution >= 0.6 is 0 Å². The number of aliphatic carboxylic acids is 1. The molecule has 2 rings (SSSR count). The van der Waals surface area contributed by atoms with Crippen molar-refractivity contribution >= 4 is 18.0 Å². The highest BCUT2D eigenvalue weighted by Gasteiger charge is 2.42. The van der Waals surface area contributed by atoms with Gasteiger partial charge in [-0.05, 0) is 31.6 Å². The van der Waals surface area contributed by atoms with Crippen molar-refractivity contribution in [1.82, 2.24) is 10.2 Å². The minimum absolute atomic E-state index is 0.0762. The lowest BCUT2D eigenvalue weighted by molar-refractivity contribution is -0.149. The van der Waals surface area contributed by atoms with Gasteiger partial charge in [-0.3, -0.25) is 19.8 Å². The van der Waals surface area contributed by atoms with E-state index in [0.29, 0.717) is 12.3 Å². The lowest BCUT2D eigenvalue weighted by Gasteiger charge is -2.46. The Hall–Kier alpha value is -1.63. The maximum absolute atomic E-state index is 11.9. The second-order valence-corrected chi connectivity index (χ2v) is 5.76. The van der Waals surface area contributed by atoms with E-state index in [1.54, 1.807) is 4.90 Å². The topological polar surface area (TPSA) is 95.9 Å². The van der Waals surface area contributed by atoms with Crippen LogP contribution in [0.15, 0.2) is 0 Å². The number of carboxylic acids is 1. The number of imide groups is 1. The SMILES string of the molecule is COC(=O)NC(=O)CN1C(C(=O)O)CCC2CCCCC21. The fourth-order valence-corrected chi connectivity index (χ4v) is 3.59. The molecule has 0 bridgehead atoms. The average molecular weight is 298 g/mol. The molecule has 21 heavy (non-hydrogen) atoms. The number of nitrogens with one attached hydrogen (secondary N) is 1. The summed E-state index contributed by atoms with van der Waals surface area (Å²) in [6, 6.07) is -0.523. The molecule has 3 atom stereocenters. The minimum atomic E-state index is -0.898. The van der Waals surface area contributed by atoms with Crippen molar-refractivity contribution in [1.29, 1.82) is 0 Å². The molecule has 3 unspecified atom stereocenters. The van der Waals surface area contributed by atoms with Crippen molar-refractivity contribution in [2.24, 2.45) is 5.92 Å². The van der Waals surface area contributed by atoms with Gasteiger partial charge in [-0.25, -0.2) is 4.79 Å². The van der Waals surface area contributed by atoms with Gasteiger partial charge in [0, 0.05) is 6.04 Å². The van der Waals surface area contributed by atoms with Gasteiger partial charge in [0.1, 0.15) is 6.04 Å². The smallest absolute Gasteiger partial charge is 0.413 e. The molecule has 1 saturated heterocycles. The normalized spacial score (nSPS) is 29.3. The molecule has 1 saturated carbocycles. The number of carbonyl (C=O) groups excluding carboxylic acids is 2. The summed E-state index contributed by atoms with van der Waals surface area (Å²) in [5, 5.41) is 11.5. The van der Waals surface area contributed by atoms with Gasteiger partial charge in [-0.2, -0.15) is 0 Å². The number of nitrogens with zero attached hydrogens (tertiary/aromatic N) is 1. The number of methoxy groups -OCH3 is 1. The molecule has 2 amide bonds. The predicted molar refractivity (Wildman–Crippen MR) is 73.7 cm³/mol. The zero-order chi connectivity index (χ0) is 15.4. The summed E-state index contributed by atoms with van der Waals surface area (Å²) >= 11 is 0. The summed E-state index contributed by atoms with van der Waals surface area (Å²) in [5.74, 6) is -0.954. The third-order valence-electron chi connectivity index (χ3n) is 4.54. The molecule has 0 spiro atoms. The maximum Gasteiger partial charge on any atom is 0.413 e. The van der Waals surface area contributed by atoms with E-state index >= 15 is 0 Å².